The van der Waals surface area contributed by atoms with Crippen LogP contribution in [0, 0.1) is 0 Å². The molecular formula is C17H33NO3. The molecule has 0 spiro atoms. The molecule has 0 saturated heterocycles. The third-order valence-corrected chi connectivity index (χ3v) is 3.72. The van der Waals surface area contributed by atoms with Gasteiger partial charge in [-0.1, -0.05) is 71.6 Å². The Morgan fingerprint density at radius 1 is 0.857 bits per heavy atom. The van der Waals surface area contributed by atoms with Gasteiger partial charge in [0.05, 0.1) is 0 Å². The van der Waals surface area contributed by atoms with E-state index in [1.807, 2.05) is 6.92 Å². The smallest absolute Gasteiger partial charge is 0.326 e. The summed E-state index contributed by atoms with van der Waals surface area (Å²) < 4.78 is 0. The number of hydrogen-bond donors (Lipinski definition) is 2. The Labute approximate surface area is 129 Å². The predicted molar refractivity (Wildman–Crippen MR) is 86.3 cm³/mol. The van der Waals surface area contributed by atoms with Gasteiger partial charge in [0.2, 0.25) is 5.91 Å². The minimum Gasteiger partial charge on any atom is -0.480 e. The third kappa shape index (κ3) is 12.4. The van der Waals surface area contributed by atoms with Crippen LogP contribution in [-0.4, -0.2) is 23.0 Å². The largest absolute Gasteiger partial charge is 0.480 e. The Balaban J connectivity index is 3.50. The zero-order valence-electron chi connectivity index (χ0n) is 13.8. The van der Waals surface area contributed by atoms with Crippen LogP contribution < -0.4 is 5.32 Å². The third-order valence-electron chi connectivity index (χ3n) is 3.72. The van der Waals surface area contributed by atoms with Crippen molar-refractivity contribution in [1.82, 2.24) is 5.32 Å². The number of amides is 1. The number of unbranched alkanes of at least 4 members (excludes halogenated alkanes) is 8. The molecule has 0 rings (SSSR count). The van der Waals surface area contributed by atoms with Crippen molar-refractivity contribution in [2.75, 3.05) is 0 Å². The molecule has 1 atom stereocenters. The first-order valence-corrected chi connectivity index (χ1v) is 8.64. The fourth-order valence-electron chi connectivity index (χ4n) is 2.41. The fraction of sp³-hybridized carbons (Fsp3) is 0.882. The van der Waals surface area contributed by atoms with Gasteiger partial charge in [0.25, 0.3) is 0 Å². The molecule has 0 radical (unpaired) electrons. The molecule has 0 aromatic rings. The van der Waals surface area contributed by atoms with Crippen LogP contribution >= 0.6 is 0 Å². The van der Waals surface area contributed by atoms with E-state index in [0.717, 1.165) is 19.3 Å². The van der Waals surface area contributed by atoms with E-state index in [9.17, 15) is 9.59 Å². The highest BCUT2D eigenvalue weighted by Gasteiger charge is 2.18. The number of carboxylic acids is 1. The summed E-state index contributed by atoms with van der Waals surface area (Å²) in [4.78, 5) is 22.6. The van der Waals surface area contributed by atoms with E-state index in [4.69, 9.17) is 5.11 Å². The summed E-state index contributed by atoms with van der Waals surface area (Å²) in [6.45, 7) is 4.14. The normalized spacial score (nSPS) is 12.1. The van der Waals surface area contributed by atoms with Crippen molar-refractivity contribution >= 4 is 11.9 Å². The molecule has 0 bridgehead atoms. The number of hydrogen-bond acceptors (Lipinski definition) is 2. The maximum Gasteiger partial charge on any atom is 0.326 e. The van der Waals surface area contributed by atoms with Crippen molar-refractivity contribution in [3.05, 3.63) is 0 Å². The fourth-order valence-corrected chi connectivity index (χ4v) is 2.41. The van der Waals surface area contributed by atoms with Gasteiger partial charge in [0.15, 0.2) is 0 Å². The van der Waals surface area contributed by atoms with Crippen LogP contribution in [0.3, 0.4) is 0 Å². The Morgan fingerprint density at radius 3 is 1.86 bits per heavy atom. The Morgan fingerprint density at radius 2 is 1.38 bits per heavy atom. The predicted octanol–water partition coefficient (Wildman–Crippen LogP) is 4.28. The molecule has 0 fully saturated rings. The molecule has 0 saturated carbocycles. The summed E-state index contributed by atoms with van der Waals surface area (Å²) in [5, 5.41) is 11.6. The van der Waals surface area contributed by atoms with Crippen molar-refractivity contribution < 1.29 is 14.7 Å². The highest BCUT2D eigenvalue weighted by atomic mass is 16.4. The lowest BCUT2D eigenvalue weighted by molar-refractivity contribution is -0.142. The number of nitrogens with one attached hydrogen (secondary N) is 1. The molecule has 4 heteroatoms. The average molecular weight is 299 g/mol. The SMILES string of the molecule is CCCCCCCCCCCC(=O)NC(CCC)C(=O)O. The van der Waals surface area contributed by atoms with Crippen molar-refractivity contribution in [3.8, 4) is 0 Å². The molecule has 4 nitrogen and oxygen atoms in total. The van der Waals surface area contributed by atoms with Gasteiger partial charge in [-0.05, 0) is 12.8 Å². The molecule has 0 heterocycles. The van der Waals surface area contributed by atoms with Gasteiger partial charge in [0, 0.05) is 6.42 Å². The molecule has 124 valence electrons. The lowest BCUT2D eigenvalue weighted by Gasteiger charge is -2.13. The van der Waals surface area contributed by atoms with Gasteiger partial charge in [0.1, 0.15) is 6.04 Å². The quantitative estimate of drug-likeness (QED) is 0.470. The number of carbonyl (C=O) groups is 2. The second-order valence-corrected chi connectivity index (χ2v) is 5.83. The highest BCUT2D eigenvalue weighted by Crippen LogP contribution is 2.10. The van der Waals surface area contributed by atoms with Crippen molar-refractivity contribution in [1.29, 1.82) is 0 Å². The average Bonchev–Trinajstić information content (AvgIpc) is 2.45. The second-order valence-electron chi connectivity index (χ2n) is 5.83. The van der Waals surface area contributed by atoms with Crippen molar-refractivity contribution in [3.63, 3.8) is 0 Å². The van der Waals surface area contributed by atoms with E-state index >= 15 is 0 Å². The first-order chi connectivity index (χ1) is 10.1. The van der Waals surface area contributed by atoms with Gasteiger partial charge in [-0.3, -0.25) is 4.79 Å². The number of aliphatic carboxylic acids is 1. The van der Waals surface area contributed by atoms with Crippen LogP contribution in [0.4, 0.5) is 0 Å². The van der Waals surface area contributed by atoms with E-state index < -0.39 is 12.0 Å². The van der Waals surface area contributed by atoms with Crippen LogP contribution in [0.5, 0.6) is 0 Å². The summed E-state index contributed by atoms with van der Waals surface area (Å²) >= 11 is 0. The van der Waals surface area contributed by atoms with Gasteiger partial charge in [-0.25, -0.2) is 4.79 Å². The number of carbonyl (C=O) groups excluding carboxylic acids is 1. The molecule has 1 unspecified atom stereocenters. The van der Waals surface area contributed by atoms with Crippen LogP contribution in [-0.2, 0) is 9.59 Å². The minimum atomic E-state index is -0.933. The van der Waals surface area contributed by atoms with Crippen LogP contribution in [0.25, 0.3) is 0 Å². The summed E-state index contributed by atoms with van der Waals surface area (Å²) in [5.41, 5.74) is 0. The van der Waals surface area contributed by atoms with E-state index in [2.05, 4.69) is 12.2 Å². The molecule has 1 amide bonds. The topological polar surface area (TPSA) is 66.4 Å². The zero-order valence-corrected chi connectivity index (χ0v) is 13.8. The molecule has 0 aliphatic heterocycles. The first-order valence-electron chi connectivity index (χ1n) is 8.64. The maximum absolute atomic E-state index is 11.7. The van der Waals surface area contributed by atoms with E-state index in [1.165, 1.54) is 44.9 Å². The molecule has 0 aromatic carbocycles. The van der Waals surface area contributed by atoms with Gasteiger partial charge >= 0.3 is 5.97 Å². The van der Waals surface area contributed by atoms with Crippen LogP contribution in [0.2, 0.25) is 0 Å². The molecule has 2 N–H and O–H groups in total. The maximum atomic E-state index is 11.7. The van der Waals surface area contributed by atoms with Gasteiger partial charge in [-0.15, -0.1) is 0 Å². The molecule has 21 heavy (non-hydrogen) atoms. The summed E-state index contributed by atoms with van der Waals surface area (Å²) in [6, 6.07) is -0.721. The van der Waals surface area contributed by atoms with Crippen molar-refractivity contribution in [2.24, 2.45) is 0 Å². The first kappa shape index (κ1) is 19.9. The number of carboxylic acid groups (broad SMARTS) is 1. The van der Waals surface area contributed by atoms with Gasteiger partial charge < -0.3 is 10.4 Å². The van der Waals surface area contributed by atoms with Crippen LogP contribution in [0.1, 0.15) is 90.9 Å². The van der Waals surface area contributed by atoms with E-state index in [0.29, 0.717) is 12.8 Å². The Kier molecular flexibility index (Phi) is 13.2. The van der Waals surface area contributed by atoms with Crippen LogP contribution in [0.15, 0.2) is 0 Å². The monoisotopic (exact) mass is 299 g/mol. The summed E-state index contributed by atoms with van der Waals surface area (Å²) in [5.74, 6) is -1.06. The van der Waals surface area contributed by atoms with Gasteiger partial charge in [-0.2, -0.15) is 0 Å². The Hall–Kier alpha value is -1.06. The number of rotatable bonds is 14. The zero-order chi connectivity index (χ0) is 15.9. The second kappa shape index (κ2) is 13.9. The minimum absolute atomic E-state index is 0.126. The van der Waals surface area contributed by atoms with Crippen molar-refractivity contribution in [2.45, 2.75) is 96.9 Å². The Bertz CT molecular complexity index is 279. The lowest BCUT2D eigenvalue weighted by Crippen LogP contribution is -2.40. The summed E-state index contributed by atoms with van der Waals surface area (Å²) in [6.07, 6.45) is 12.6. The summed E-state index contributed by atoms with van der Waals surface area (Å²) in [7, 11) is 0. The van der Waals surface area contributed by atoms with E-state index in [1.54, 1.807) is 0 Å². The lowest BCUT2D eigenvalue weighted by atomic mass is 10.1. The molecular weight excluding hydrogens is 266 g/mol. The highest BCUT2D eigenvalue weighted by molar-refractivity contribution is 5.83. The molecule has 0 aromatic heterocycles. The molecule has 0 aliphatic rings. The van der Waals surface area contributed by atoms with E-state index in [-0.39, 0.29) is 5.91 Å². The molecule has 0 aliphatic carbocycles. The standard InChI is InChI=1S/C17H33NO3/c1-3-5-6-7-8-9-10-11-12-14-16(19)18-15(13-4-2)17(20)21/h15H,3-14H2,1-2H3,(H,18,19)(H,20,21).